The van der Waals surface area contributed by atoms with Crippen molar-refractivity contribution in [2.75, 3.05) is 16.8 Å². The zero-order chi connectivity index (χ0) is 13.8. The first kappa shape index (κ1) is 13.7. The summed E-state index contributed by atoms with van der Waals surface area (Å²) < 4.78 is 0. The van der Waals surface area contributed by atoms with E-state index in [4.69, 9.17) is 10.8 Å². The molecule has 1 unspecified atom stereocenters. The molecule has 0 aromatic heterocycles. The fourth-order valence-corrected chi connectivity index (χ4v) is 3.21. The summed E-state index contributed by atoms with van der Waals surface area (Å²) in [6.07, 6.45) is 3.00. The largest absolute Gasteiger partial charge is 0.478 e. The fourth-order valence-electron chi connectivity index (χ4n) is 2.01. The van der Waals surface area contributed by atoms with Gasteiger partial charge in [-0.2, -0.15) is 0 Å². The molecule has 2 rings (SSSR count). The molecule has 1 aliphatic rings. The Morgan fingerprint density at radius 1 is 1.37 bits per heavy atom. The highest BCUT2D eigenvalue weighted by Gasteiger charge is 2.23. The molecule has 0 aliphatic carbocycles. The summed E-state index contributed by atoms with van der Waals surface area (Å²) in [7, 11) is 0. The van der Waals surface area contributed by atoms with E-state index in [1.807, 2.05) is 0 Å². The van der Waals surface area contributed by atoms with Crippen LogP contribution >= 0.6 is 11.8 Å². The lowest BCUT2D eigenvalue weighted by atomic mass is 10.1. The Bertz CT molecular complexity index is 499. The van der Waals surface area contributed by atoms with Crippen LogP contribution in [0.5, 0.6) is 0 Å². The van der Waals surface area contributed by atoms with Gasteiger partial charge in [0.1, 0.15) is 0 Å². The summed E-state index contributed by atoms with van der Waals surface area (Å²) in [6, 6.07) is 4.39. The normalized spacial score (nSPS) is 18.8. The van der Waals surface area contributed by atoms with Crippen LogP contribution in [0.15, 0.2) is 18.2 Å². The van der Waals surface area contributed by atoms with Crippen molar-refractivity contribution in [1.29, 1.82) is 0 Å². The SMILES string of the molecule is Nc1ccc(C(=O)O)c(NC(=O)C2CCCCS2)c1. The highest BCUT2D eigenvalue weighted by molar-refractivity contribution is 8.00. The van der Waals surface area contributed by atoms with E-state index in [1.165, 1.54) is 18.2 Å². The van der Waals surface area contributed by atoms with Gasteiger partial charge >= 0.3 is 5.97 Å². The van der Waals surface area contributed by atoms with Crippen molar-refractivity contribution < 1.29 is 14.7 Å². The monoisotopic (exact) mass is 280 g/mol. The molecular formula is C13H16N2O3S. The third-order valence-electron chi connectivity index (χ3n) is 3.00. The van der Waals surface area contributed by atoms with Crippen molar-refractivity contribution in [1.82, 2.24) is 0 Å². The van der Waals surface area contributed by atoms with Crippen molar-refractivity contribution in [2.45, 2.75) is 24.5 Å². The number of amides is 1. The van der Waals surface area contributed by atoms with Crippen LogP contribution in [0.25, 0.3) is 0 Å². The molecule has 19 heavy (non-hydrogen) atoms. The molecule has 1 aliphatic heterocycles. The fraction of sp³-hybridized carbons (Fsp3) is 0.385. The molecule has 1 heterocycles. The van der Waals surface area contributed by atoms with Crippen LogP contribution in [0.1, 0.15) is 29.6 Å². The van der Waals surface area contributed by atoms with Gasteiger partial charge < -0.3 is 16.2 Å². The lowest BCUT2D eigenvalue weighted by Gasteiger charge is -2.21. The number of carboxylic acid groups (broad SMARTS) is 1. The maximum atomic E-state index is 12.1. The number of aromatic carboxylic acids is 1. The molecule has 0 saturated carbocycles. The van der Waals surface area contributed by atoms with Crippen molar-refractivity contribution in [3.05, 3.63) is 23.8 Å². The molecule has 6 heteroatoms. The minimum atomic E-state index is -1.08. The number of anilines is 2. The second kappa shape index (κ2) is 5.97. The summed E-state index contributed by atoms with van der Waals surface area (Å²) in [5.41, 5.74) is 6.39. The van der Waals surface area contributed by atoms with Gasteiger partial charge in [0.25, 0.3) is 0 Å². The maximum absolute atomic E-state index is 12.1. The standard InChI is InChI=1S/C13H16N2O3S/c14-8-4-5-9(13(17)18)10(7-8)15-12(16)11-3-1-2-6-19-11/h4-5,7,11H,1-3,6,14H2,(H,15,16)(H,17,18). The summed E-state index contributed by atoms with van der Waals surface area (Å²) in [6.45, 7) is 0. The minimum Gasteiger partial charge on any atom is -0.478 e. The van der Waals surface area contributed by atoms with Crippen LogP contribution in [0.3, 0.4) is 0 Å². The quantitative estimate of drug-likeness (QED) is 0.738. The van der Waals surface area contributed by atoms with Gasteiger partial charge in [-0.3, -0.25) is 4.79 Å². The Hall–Kier alpha value is -1.69. The van der Waals surface area contributed by atoms with Gasteiger partial charge in [-0.25, -0.2) is 4.79 Å². The van der Waals surface area contributed by atoms with E-state index in [2.05, 4.69) is 5.32 Å². The molecule has 1 atom stereocenters. The number of nitrogens with one attached hydrogen (secondary N) is 1. The Morgan fingerprint density at radius 2 is 2.16 bits per heavy atom. The first-order valence-corrected chi connectivity index (χ1v) is 7.18. The first-order valence-electron chi connectivity index (χ1n) is 6.13. The second-order valence-electron chi connectivity index (χ2n) is 4.45. The van der Waals surface area contributed by atoms with Crippen molar-refractivity contribution in [3.8, 4) is 0 Å². The number of carbonyl (C=O) groups is 2. The summed E-state index contributed by atoms with van der Waals surface area (Å²) in [5.74, 6) is -0.245. The van der Waals surface area contributed by atoms with Crippen molar-refractivity contribution in [3.63, 3.8) is 0 Å². The summed E-state index contributed by atoms with van der Waals surface area (Å²) >= 11 is 1.62. The highest BCUT2D eigenvalue weighted by atomic mass is 32.2. The van der Waals surface area contributed by atoms with Crippen LogP contribution in [-0.4, -0.2) is 28.0 Å². The lowest BCUT2D eigenvalue weighted by Crippen LogP contribution is -2.28. The van der Waals surface area contributed by atoms with Gasteiger partial charge in [0.2, 0.25) is 5.91 Å². The van der Waals surface area contributed by atoms with Crippen LogP contribution < -0.4 is 11.1 Å². The zero-order valence-electron chi connectivity index (χ0n) is 10.4. The molecule has 0 spiro atoms. The Balaban J connectivity index is 2.15. The third-order valence-corrected chi connectivity index (χ3v) is 4.38. The Morgan fingerprint density at radius 3 is 2.79 bits per heavy atom. The molecule has 0 radical (unpaired) electrons. The van der Waals surface area contributed by atoms with Crippen LogP contribution in [0.2, 0.25) is 0 Å². The molecule has 1 fully saturated rings. The van der Waals surface area contributed by atoms with E-state index in [-0.39, 0.29) is 22.4 Å². The van der Waals surface area contributed by atoms with Crippen LogP contribution in [0, 0.1) is 0 Å². The third kappa shape index (κ3) is 3.41. The predicted molar refractivity (Wildman–Crippen MR) is 76.5 cm³/mol. The Labute approximate surface area is 115 Å². The van der Waals surface area contributed by atoms with Gasteiger partial charge in [0.15, 0.2) is 0 Å². The van der Waals surface area contributed by atoms with Gasteiger partial charge in [0.05, 0.1) is 16.5 Å². The molecule has 5 nitrogen and oxygen atoms in total. The van der Waals surface area contributed by atoms with E-state index < -0.39 is 5.97 Å². The number of carboxylic acids is 1. The number of hydrogen-bond acceptors (Lipinski definition) is 4. The van der Waals surface area contributed by atoms with E-state index in [0.29, 0.717) is 5.69 Å². The second-order valence-corrected chi connectivity index (χ2v) is 5.77. The molecule has 102 valence electrons. The molecule has 1 aromatic rings. The molecular weight excluding hydrogens is 264 g/mol. The topological polar surface area (TPSA) is 92.4 Å². The van der Waals surface area contributed by atoms with E-state index in [0.717, 1.165) is 25.0 Å². The smallest absolute Gasteiger partial charge is 0.337 e. The number of nitrogen functional groups attached to an aromatic ring is 1. The van der Waals surface area contributed by atoms with Crippen molar-refractivity contribution >= 4 is 35.0 Å². The van der Waals surface area contributed by atoms with Crippen molar-refractivity contribution in [2.24, 2.45) is 0 Å². The first-order chi connectivity index (χ1) is 9.08. The lowest BCUT2D eigenvalue weighted by molar-refractivity contribution is -0.115. The number of benzene rings is 1. The van der Waals surface area contributed by atoms with Crippen LogP contribution in [-0.2, 0) is 4.79 Å². The van der Waals surface area contributed by atoms with Gasteiger partial charge in [0, 0.05) is 5.69 Å². The number of nitrogens with two attached hydrogens (primary N) is 1. The Kier molecular flexibility index (Phi) is 4.31. The number of thioether (sulfide) groups is 1. The van der Waals surface area contributed by atoms with Crippen LogP contribution in [0.4, 0.5) is 11.4 Å². The van der Waals surface area contributed by atoms with Gasteiger partial charge in [-0.15, -0.1) is 11.8 Å². The molecule has 1 amide bonds. The van der Waals surface area contributed by atoms with Gasteiger partial charge in [-0.1, -0.05) is 6.42 Å². The number of carbonyl (C=O) groups excluding carboxylic acids is 1. The summed E-state index contributed by atoms with van der Waals surface area (Å²) in [5, 5.41) is 11.7. The molecule has 4 N–H and O–H groups in total. The van der Waals surface area contributed by atoms with E-state index in [1.54, 1.807) is 11.8 Å². The average Bonchev–Trinajstić information content (AvgIpc) is 2.39. The van der Waals surface area contributed by atoms with Gasteiger partial charge in [-0.05, 0) is 36.8 Å². The molecule has 0 bridgehead atoms. The van der Waals surface area contributed by atoms with E-state index in [9.17, 15) is 9.59 Å². The molecule has 1 saturated heterocycles. The maximum Gasteiger partial charge on any atom is 0.337 e. The highest BCUT2D eigenvalue weighted by Crippen LogP contribution is 2.27. The summed E-state index contributed by atoms with van der Waals surface area (Å²) in [4.78, 5) is 23.2. The minimum absolute atomic E-state index is 0.0587. The zero-order valence-corrected chi connectivity index (χ0v) is 11.2. The number of hydrogen-bond donors (Lipinski definition) is 3. The average molecular weight is 280 g/mol. The van der Waals surface area contributed by atoms with E-state index >= 15 is 0 Å². The number of rotatable bonds is 3. The predicted octanol–water partition coefficient (Wildman–Crippen LogP) is 2.19. The molecule has 1 aromatic carbocycles.